The minimum absolute atomic E-state index is 0. The van der Waals surface area contributed by atoms with E-state index in [-0.39, 0.29) is 72.4 Å². The molecule has 0 N–H and O–H groups in total. The van der Waals surface area contributed by atoms with E-state index in [1.165, 1.54) is 0 Å². The smallest absolute Gasteiger partial charge is 0.550 e. The number of carbonyl (C=O) groups excluding carboxylic acids is 2. The molecule has 0 bridgehead atoms. The molecule has 37 heavy (non-hydrogen) atoms. The normalized spacial score (nSPS) is 14.3. The molecule has 1 aliphatic rings. The number of Topliss-reactive ketones (excluding diaryl/α,β-unsaturated/α-hetero) is 1. The average Bonchev–Trinajstić information content (AvgIpc) is 3.35. The number of benzene rings is 1. The van der Waals surface area contributed by atoms with Crippen LogP contribution in [0.4, 0.5) is 0 Å². The first-order valence-corrected chi connectivity index (χ1v) is 12.9. The Hall–Kier alpha value is -1.64. The first kappa shape index (κ1) is 29.9. The number of nitrogens with zero attached hydrogens (tertiary/aromatic N) is 2. The van der Waals surface area contributed by atoms with E-state index in [1.54, 1.807) is 18.2 Å². The Morgan fingerprint density at radius 2 is 1.86 bits per heavy atom. The Kier molecular flexibility index (Phi) is 10.1. The van der Waals surface area contributed by atoms with Crippen molar-refractivity contribution in [1.82, 2.24) is 10.3 Å². The van der Waals surface area contributed by atoms with E-state index in [2.05, 4.69) is 31.1 Å². The number of hydrogen-bond donors (Lipinski definition) is 0. The number of hydrogen-bond acceptors (Lipinski definition) is 7. The van der Waals surface area contributed by atoms with Gasteiger partial charge >= 0.3 is 29.6 Å². The van der Waals surface area contributed by atoms with Crippen molar-refractivity contribution in [2.24, 2.45) is 5.41 Å². The van der Waals surface area contributed by atoms with Crippen LogP contribution in [0.5, 0.6) is 0 Å². The van der Waals surface area contributed by atoms with Crippen molar-refractivity contribution in [3.8, 4) is 11.5 Å². The van der Waals surface area contributed by atoms with Crippen LogP contribution >= 0.6 is 23.2 Å². The van der Waals surface area contributed by atoms with Crippen molar-refractivity contribution in [2.75, 3.05) is 0 Å². The molecule has 2 aromatic heterocycles. The number of ketones is 1. The van der Waals surface area contributed by atoms with Crippen LogP contribution in [0.2, 0.25) is 10.0 Å². The van der Waals surface area contributed by atoms with Gasteiger partial charge in [0.15, 0.2) is 11.5 Å². The monoisotopic (exact) mass is 554 g/mol. The molecule has 1 atom stereocenters. The zero-order chi connectivity index (χ0) is 26.0. The fourth-order valence-corrected chi connectivity index (χ4v) is 4.91. The van der Waals surface area contributed by atoms with Crippen LogP contribution in [0.15, 0.2) is 33.3 Å². The fraction of sp³-hybridized carbons (Fsp3) is 0.481. The van der Waals surface area contributed by atoms with Crippen molar-refractivity contribution >= 4 is 35.0 Å². The first-order valence-electron chi connectivity index (χ1n) is 12.1. The van der Waals surface area contributed by atoms with Crippen LogP contribution in [-0.4, -0.2) is 22.1 Å². The number of carboxylic acid groups (broad SMARTS) is 1. The summed E-state index contributed by atoms with van der Waals surface area (Å²) in [4.78, 5) is 24.3. The summed E-state index contributed by atoms with van der Waals surface area (Å²) < 4.78 is 11.3. The van der Waals surface area contributed by atoms with Gasteiger partial charge in [-0.2, -0.15) is 0 Å². The molecule has 0 saturated heterocycles. The largest absolute Gasteiger partial charge is 1.00 e. The van der Waals surface area contributed by atoms with Gasteiger partial charge in [0, 0.05) is 52.8 Å². The summed E-state index contributed by atoms with van der Waals surface area (Å²) in [6, 6.07) is 6.87. The summed E-state index contributed by atoms with van der Waals surface area (Å²) in [6.45, 7) is 6.36. The van der Waals surface area contributed by atoms with Crippen molar-refractivity contribution in [3.63, 3.8) is 0 Å². The molecule has 0 aliphatic heterocycles. The molecule has 3 aromatic rings. The molecule has 10 heteroatoms. The number of aromatic nitrogens is 2. The number of halogens is 2. The molecule has 0 spiro atoms. The van der Waals surface area contributed by atoms with Gasteiger partial charge in [0.2, 0.25) is 0 Å². The minimum Gasteiger partial charge on any atom is -0.550 e. The van der Waals surface area contributed by atoms with Crippen LogP contribution in [0.1, 0.15) is 87.3 Å². The maximum absolute atomic E-state index is 13.0. The van der Waals surface area contributed by atoms with Crippen molar-refractivity contribution in [2.45, 2.75) is 77.6 Å². The third-order valence-electron chi connectivity index (χ3n) is 6.20. The van der Waals surface area contributed by atoms with Crippen molar-refractivity contribution in [1.29, 1.82) is 0 Å². The van der Waals surface area contributed by atoms with Crippen molar-refractivity contribution < 1.29 is 53.3 Å². The van der Waals surface area contributed by atoms with Gasteiger partial charge in [-0.1, -0.05) is 60.4 Å². The average molecular weight is 555 g/mol. The molecular weight excluding hydrogens is 526 g/mol. The van der Waals surface area contributed by atoms with Gasteiger partial charge in [0.25, 0.3) is 0 Å². The molecule has 2 heterocycles. The maximum Gasteiger partial charge on any atom is 1.00 e. The number of aliphatic carboxylic acids is 1. The van der Waals surface area contributed by atoms with E-state index in [0.717, 1.165) is 30.6 Å². The van der Waals surface area contributed by atoms with E-state index in [9.17, 15) is 14.7 Å². The summed E-state index contributed by atoms with van der Waals surface area (Å²) in [5, 5.41) is 20.7. The van der Waals surface area contributed by atoms with E-state index in [0.29, 0.717) is 32.8 Å². The van der Waals surface area contributed by atoms with Crippen LogP contribution in [0.3, 0.4) is 0 Å². The Bertz CT molecular complexity index is 1260. The Labute approximate surface area is 248 Å². The quantitative estimate of drug-likeness (QED) is 0.335. The third kappa shape index (κ3) is 8.17. The van der Waals surface area contributed by atoms with Gasteiger partial charge < -0.3 is 18.9 Å². The van der Waals surface area contributed by atoms with E-state index >= 15 is 0 Å². The molecule has 1 aliphatic carbocycles. The van der Waals surface area contributed by atoms with E-state index < -0.39 is 11.9 Å². The topological polar surface area (TPSA) is 109 Å². The zero-order valence-corrected chi connectivity index (χ0v) is 25.1. The molecule has 0 radical (unpaired) electrons. The predicted molar refractivity (Wildman–Crippen MR) is 134 cm³/mol. The molecule has 0 amide bonds. The van der Waals surface area contributed by atoms with Gasteiger partial charge in [0.1, 0.15) is 11.5 Å². The van der Waals surface area contributed by atoms with Gasteiger partial charge in [0.05, 0.1) is 5.69 Å². The minimum atomic E-state index is -1.17. The van der Waals surface area contributed by atoms with Crippen LogP contribution in [-0.2, 0) is 22.4 Å². The Balaban J connectivity index is 0.00000380. The summed E-state index contributed by atoms with van der Waals surface area (Å²) in [5.41, 5.74) is 2.78. The first-order chi connectivity index (χ1) is 17.0. The molecular formula is C27H29Cl2N2NaO5. The number of carboxylic acids is 1. The van der Waals surface area contributed by atoms with E-state index in [4.69, 9.17) is 32.2 Å². The van der Waals surface area contributed by atoms with Gasteiger partial charge in [-0.25, -0.2) is 0 Å². The number of carbonyl (C=O) groups is 2. The summed E-state index contributed by atoms with van der Waals surface area (Å²) in [6.07, 6.45) is 2.89. The molecule has 1 fully saturated rings. The predicted octanol–water partition coefficient (Wildman–Crippen LogP) is 2.92. The Morgan fingerprint density at radius 3 is 2.49 bits per heavy atom. The molecule has 1 saturated carbocycles. The molecule has 0 unspecified atom stereocenters. The standard InChI is InChI=1S/C27H30Cl2N2O5.Na/c1-27(2,3)14-20-13-22(30-35-20)26-24(15-4-5-15)25(31-36-26)17(7-9-23(33)34)11-19(32)10-16-6-8-18(28)12-21(16)29;/h6,8,12-13,15,17H,4-5,7,9-11,14H2,1-3H3,(H,33,34);/q;+1/p-1/t17-;/m0./s1. The summed E-state index contributed by atoms with van der Waals surface area (Å²) in [5.74, 6) is -0.175. The molecule has 192 valence electrons. The van der Waals surface area contributed by atoms with Crippen LogP contribution < -0.4 is 34.7 Å². The second kappa shape index (κ2) is 12.5. The molecule has 7 nitrogen and oxygen atoms in total. The summed E-state index contributed by atoms with van der Waals surface area (Å²) >= 11 is 12.2. The third-order valence-corrected chi connectivity index (χ3v) is 6.78. The molecule has 4 rings (SSSR count). The van der Waals surface area contributed by atoms with Gasteiger partial charge in [-0.3, -0.25) is 4.79 Å². The Morgan fingerprint density at radius 1 is 1.14 bits per heavy atom. The van der Waals surface area contributed by atoms with E-state index in [1.807, 2.05) is 6.07 Å². The maximum atomic E-state index is 13.0. The van der Waals surface area contributed by atoms with Crippen LogP contribution in [0, 0.1) is 5.41 Å². The van der Waals surface area contributed by atoms with Crippen molar-refractivity contribution in [3.05, 3.63) is 56.9 Å². The van der Waals surface area contributed by atoms with Gasteiger partial charge in [-0.15, -0.1) is 0 Å². The number of rotatable bonds is 11. The second-order valence-corrected chi connectivity index (χ2v) is 11.6. The summed E-state index contributed by atoms with van der Waals surface area (Å²) in [7, 11) is 0. The second-order valence-electron chi connectivity index (χ2n) is 10.8. The SMILES string of the molecule is CC(C)(C)Cc1cc(-c2onc([C@@H](CCC(=O)[O-])CC(=O)Cc3ccc(Cl)cc3Cl)c2C2CC2)no1.[Na+]. The fourth-order valence-electron chi connectivity index (χ4n) is 4.43. The zero-order valence-electron chi connectivity index (χ0n) is 21.6. The molecule has 1 aromatic carbocycles. The van der Waals surface area contributed by atoms with Crippen LogP contribution in [0.25, 0.3) is 11.5 Å². The van der Waals surface area contributed by atoms with Gasteiger partial charge in [-0.05, 0) is 54.7 Å².